The van der Waals surface area contributed by atoms with Gasteiger partial charge < -0.3 is 15.0 Å². The second kappa shape index (κ2) is 11.5. The van der Waals surface area contributed by atoms with Crippen LogP contribution in [-0.4, -0.2) is 18.8 Å². The molecule has 0 aliphatic carbocycles. The molecule has 3 aromatic rings. The molecule has 4 nitrogen and oxygen atoms in total. The summed E-state index contributed by atoms with van der Waals surface area (Å²) in [7, 11) is 0. The number of anilines is 1. The van der Waals surface area contributed by atoms with E-state index in [0.717, 1.165) is 5.56 Å². The fourth-order valence-corrected chi connectivity index (χ4v) is 3.32. The van der Waals surface area contributed by atoms with E-state index in [9.17, 15) is 26.7 Å². The maximum Gasteiger partial charge on any atom is 0.573 e. The third-order valence-electron chi connectivity index (χ3n) is 5.06. The first-order chi connectivity index (χ1) is 16.6. The van der Waals surface area contributed by atoms with Gasteiger partial charge in [-0.1, -0.05) is 60.7 Å². The number of benzene rings is 3. The van der Waals surface area contributed by atoms with Crippen LogP contribution in [0.25, 0.3) is 0 Å². The van der Waals surface area contributed by atoms with Gasteiger partial charge in [0.1, 0.15) is 5.75 Å². The summed E-state index contributed by atoms with van der Waals surface area (Å²) < 4.78 is 63.4. The molecule has 1 atom stereocenters. The van der Waals surface area contributed by atoms with Crippen LogP contribution in [-0.2, 0) is 4.79 Å². The lowest BCUT2D eigenvalue weighted by molar-refractivity contribution is -0.274. The molecular weight excluding hydrogens is 467 g/mol. The van der Waals surface area contributed by atoms with Crippen LogP contribution in [0.15, 0.2) is 96.7 Å². The second-order valence-electron chi connectivity index (χ2n) is 7.56. The normalized spacial score (nSPS) is 14.2. The van der Waals surface area contributed by atoms with Gasteiger partial charge in [0.05, 0.1) is 5.70 Å². The molecule has 0 bridgehead atoms. The van der Waals surface area contributed by atoms with Crippen molar-refractivity contribution in [2.45, 2.75) is 25.8 Å². The number of carbonyl (C=O) groups excluding carboxylic acids is 1. The molecule has 9 heteroatoms. The first-order valence-corrected chi connectivity index (χ1v) is 10.7. The van der Waals surface area contributed by atoms with Crippen molar-refractivity contribution in [2.75, 3.05) is 11.4 Å². The number of rotatable bonds is 6. The van der Waals surface area contributed by atoms with Gasteiger partial charge in [-0.2, -0.15) is 0 Å². The number of hydrogen-bond acceptors (Lipinski definition) is 3. The van der Waals surface area contributed by atoms with Crippen molar-refractivity contribution in [3.05, 3.63) is 108 Å². The quantitative estimate of drug-likeness (QED) is 0.387. The first kappa shape index (κ1) is 25.7. The number of carbonyl (C=O) groups is 1. The maximum atomic E-state index is 12.6. The molecule has 4 rings (SSSR count). The third-order valence-corrected chi connectivity index (χ3v) is 5.06. The van der Waals surface area contributed by atoms with Crippen LogP contribution < -0.4 is 15.0 Å². The Bertz CT molecular complexity index is 1120. The van der Waals surface area contributed by atoms with Gasteiger partial charge >= 0.3 is 6.36 Å². The molecule has 0 saturated heterocycles. The van der Waals surface area contributed by atoms with E-state index in [1.807, 2.05) is 43.3 Å². The SMILES string of the molecule is CC(NC1=CCN(c2ccc(C(F)F)cc2)C1=O)c1ccccc1.FC(F)(F)Oc1ccccc1. The molecule has 0 saturated carbocycles. The first-order valence-electron chi connectivity index (χ1n) is 10.7. The number of ether oxygens (including phenoxy) is 1. The van der Waals surface area contributed by atoms with Crippen molar-refractivity contribution in [1.29, 1.82) is 0 Å². The second-order valence-corrected chi connectivity index (χ2v) is 7.56. The van der Waals surface area contributed by atoms with Gasteiger partial charge in [-0.25, -0.2) is 8.78 Å². The highest BCUT2D eigenvalue weighted by atomic mass is 19.4. The van der Waals surface area contributed by atoms with E-state index >= 15 is 0 Å². The fraction of sp³-hybridized carbons (Fsp3) is 0.192. The highest BCUT2D eigenvalue weighted by Gasteiger charge is 2.30. The lowest BCUT2D eigenvalue weighted by Crippen LogP contribution is -2.31. The van der Waals surface area contributed by atoms with E-state index < -0.39 is 12.8 Å². The van der Waals surface area contributed by atoms with E-state index in [4.69, 9.17) is 0 Å². The molecule has 0 radical (unpaired) electrons. The zero-order valence-corrected chi connectivity index (χ0v) is 18.7. The average molecular weight is 490 g/mol. The minimum absolute atomic E-state index is 0.00237. The van der Waals surface area contributed by atoms with E-state index in [1.165, 1.54) is 36.4 Å². The van der Waals surface area contributed by atoms with Crippen LogP contribution in [0.1, 0.15) is 30.5 Å². The van der Waals surface area contributed by atoms with Crippen LogP contribution in [0, 0.1) is 0 Å². The Balaban J connectivity index is 0.000000261. The number of nitrogens with zero attached hydrogens (tertiary/aromatic N) is 1. The number of para-hydroxylation sites is 1. The summed E-state index contributed by atoms with van der Waals surface area (Å²) in [5, 5.41) is 3.22. The molecule has 1 unspecified atom stereocenters. The molecule has 0 aromatic heterocycles. The van der Waals surface area contributed by atoms with Crippen LogP contribution in [0.5, 0.6) is 5.75 Å². The van der Waals surface area contributed by atoms with Gasteiger partial charge in [0, 0.05) is 23.8 Å². The van der Waals surface area contributed by atoms with Crippen LogP contribution in [0.4, 0.5) is 27.6 Å². The Morgan fingerprint density at radius 3 is 1.97 bits per heavy atom. The standard InChI is InChI=1S/C19H18F2N2O.C7H5F3O/c1-13(14-5-3-2-4-6-14)22-17-11-12-23(19(17)24)16-9-7-15(8-10-16)18(20)21;8-7(9,10)11-6-4-2-1-3-5-6/h2-11,13,18,22H,12H2,1H3;1-5H. The van der Waals surface area contributed by atoms with Crippen molar-refractivity contribution in [3.63, 3.8) is 0 Å². The summed E-state index contributed by atoms with van der Waals surface area (Å²) in [5.74, 6) is -0.345. The summed E-state index contributed by atoms with van der Waals surface area (Å²) in [5.41, 5.74) is 2.19. The Morgan fingerprint density at radius 2 is 1.43 bits per heavy atom. The molecule has 1 heterocycles. The molecule has 0 fully saturated rings. The summed E-state index contributed by atoms with van der Waals surface area (Å²) in [4.78, 5) is 14.1. The van der Waals surface area contributed by atoms with Gasteiger partial charge in [0.15, 0.2) is 0 Å². The van der Waals surface area contributed by atoms with E-state index in [2.05, 4.69) is 10.1 Å². The molecule has 35 heavy (non-hydrogen) atoms. The molecule has 184 valence electrons. The Labute approximate surface area is 199 Å². The highest BCUT2D eigenvalue weighted by Crippen LogP contribution is 2.26. The van der Waals surface area contributed by atoms with Crippen molar-refractivity contribution < 1.29 is 31.5 Å². The summed E-state index contributed by atoms with van der Waals surface area (Å²) in [6, 6.07) is 22.7. The van der Waals surface area contributed by atoms with Crippen LogP contribution in [0.3, 0.4) is 0 Å². The smallest absolute Gasteiger partial charge is 0.406 e. The monoisotopic (exact) mass is 490 g/mol. The lowest BCUT2D eigenvalue weighted by Gasteiger charge is -2.19. The average Bonchev–Trinajstić information content (AvgIpc) is 3.19. The lowest BCUT2D eigenvalue weighted by atomic mass is 10.1. The van der Waals surface area contributed by atoms with Gasteiger partial charge in [-0.05, 0) is 42.8 Å². The Kier molecular flexibility index (Phi) is 8.46. The summed E-state index contributed by atoms with van der Waals surface area (Å²) >= 11 is 0. The predicted molar refractivity (Wildman–Crippen MR) is 123 cm³/mol. The van der Waals surface area contributed by atoms with Crippen molar-refractivity contribution in [3.8, 4) is 5.75 Å². The van der Waals surface area contributed by atoms with Crippen molar-refractivity contribution >= 4 is 11.6 Å². The number of alkyl halides is 5. The molecule has 1 aliphatic heterocycles. The van der Waals surface area contributed by atoms with Gasteiger partial charge in [-0.15, -0.1) is 13.2 Å². The van der Waals surface area contributed by atoms with Gasteiger partial charge in [0.2, 0.25) is 0 Å². The number of amides is 1. The molecule has 1 amide bonds. The minimum Gasteiger partial charge on any atom is -0.406 e. The van der Waals surface area contributed by atoms with Gasteiger partial charge in [-0.3, -0.25) is 4.79 Å². The third kappa shape index (κ3) is 7.56. The molecular formula is C26H23F5N2O2. The fourth-order valence-electron chi connectivity index (χ4n) is 3.32. The van der Waals surface area contributed by atoms with E-state index in [0.29, 0.717) is 17.9 Å². The number of halogens is 5. The van der Waals surface area contributed by atoms with E-state index in [1.54, 1.807) is 23.1 Å². The van der Waals surface area contributed by atoms with Crippen molar-refractivity contribution in [1.82, 2.24) is 5.32 Å². The largest absolute Gasteiger partial charge is 0.573 e. The molecule has 3 aromatic carbocycles. The summed E-state index contributed by atoms with van der Waals surface area (Å²) in [6.45, 7) is 2.42. The van der Waals surface area contributed by atoms with Crippen LogP contribution >= 0.6 is 0 Å². The Morgan fingerprint density at radius 1 is 0.857 bits per heavy atom. The molecule has 1 aliphatic rings. The highest BCUT2D eigenvalue weighted by molar-refractivity contribution is 6.07. The predicted octanol–water partition coefficient (Wildman–Crippen LogP) is 6.79. The number of nitrogens with one attached hydrogen (secondary N) is 1. The van der Waals surface area contributed by atoms with Crippen LogP contribution in [0.2, 0.25) is 0 Å². The van der Waals surface area contributed by atoms with Gasteiger partial charge in [0.25, 0.3) is 12.3 Å². The Hall–Kier alpha value is -3.88. The zero-order valence-electron chi connectivity index (χ0n) is 18.7. The summed E-state index contributed by atoms with van der Waals surface area (Å²) in [6.07, 6.45) is -5.28. The van der Waals surface area contributed by atoms with Crippen molar-refractivity contribution in [2.24, 2.45) is 0 Å². The maximum absolute atomic E-state index is 12.6. The van der Waals surface area contributed by atoms with E-state index in [-0.39, 0.29) is 23.3 Å². The zero-order chi connectivity index (χ0) is 25.4. The topological polar surface area (TPSA) is 41.6 Å². The number of hydrogen-bond donors (Lipinski definition) is 1. The minimum atomic E-state index is -4.60. The molecule has 1 N–H and O–H groups in total. The molecule has 0 spiro atoms.